The summed E-state index contributed by atoms with van der Waals surface area (Å²) in [5.41, 5.74) is 19.9. The second-order valence-corrected chi connectivity index (χ2v) is 23.8. The highest BCUT2D eigenvalue weighted by Crippen LogP contribution is 2.47. The smallest absolute Gasteiger partial charge is 0.126 e. The zero-order valence-corrected chi connectivity index (χ0v) is 60.1. The Kier molecular flexibility index (Phi) is 23.1. The molecule has 0 saturated heterocycles. The van der Waals surface area contributed by atoms with Crippen LogP contribution in [0.25, 0.3) is 0 Å². The van der Waals surface area contributed by atoms with Crippen molar-refractivity contribution in [2.75, 3.05) is 128 Å². The zero-order valence-electron chi connectivity index (χ0n) is 60.1. The van der Waals surface area contributed by atoms with Gasteiger partial charge in [0.1, 0.15) is 103 Å². The fraction of sp³-hybridized carbons (Fsp3) is 0.333. The highest BCUT2D eigenvalue weighted by Gasteiger charge is 2.29. The molecule has 0 aliphatic heterocycles. The van der Waals surface area contributed by atoms with Crippen molar-refractivity contribution < 1.29 is 85.3 Å². The Balaban J connectivity index is 0.000000161. The number of benzene rings is 9. The lowest BCUT2D eigenvalue weighted by Crippen LogP contribution is -2.04. The van der Waals surface area contributed by atoms with E-state index in [-0.39, 0.29) is 0 Å². The molecule has 0 radical (unpaired) electrons. The van der Waals surface area contributed by atoms with Gasteiger partial charge in [0.15, 0.2) is 0 Å². The van der Waals surface area contributed by atoms with E-state index in [2.05, 4.69) is 54.6 Å². The predicted octanol–water partition coefficient (Wildman–Crippen LogP) is 14.5. The highest BCUT2D eigenvalue weighted by molar-refractivity contribution is 5.64. The van der Waals surface area contributed by atoms with Crippen molar-refractivity contribution in [2.45, 2.75) is 57.8 Å². The molecular formula is C81H90O18. The molecule has 0 amide bonds. The molecule has 99 heavy (non-hydrogen) atoms. The molecule has 0 bridgehead atoms. The fourth-order valence-corrected chi connectivity index (χ4v) is 13.7. The average molecular weight is 1350 g/mol. The van der Waals surface area contributed by atoms with E-state index in [1.165, 1.54) is 0 Å². The number of methoxy groups -OCH3 is 18. The van der Waals surface area contributed by atoms with Crippen LogP contribution in [0.5, 0.6) is 103 Å². The summed E-state index contributed by atoms with van der Waals surface area (Å²) in [6.07, 6.45) is 5.99. The molecule has 0 unspecified atom stereocenters. The maximum atomic E-state index is 5.81. The second kappa shape index (κ2) is 32.2. The molecule has 12 rings (SSSR count). The van der Waals surface area contributed by atoms with E-state index in [1.807, 2.05) is 54.6 Å². The molecule has 0 fully saturated rings. The van der Waals surface area contributed by atoms with Crippen LogP contribution in [0.4, 0.5) is 0 Å². The van der Waals surface area contributed by atoms with Crippen molar-refractivity contribution >= 4 is 0 Å². The minimum absolute atomic E-state index is 0.666. The van der Waals surface area contributed by atoms with Gasteiger partial charge in [0.2, 0.25) is 0 Å². The largest absolute Gasteiger partial charge is 0.497 e. The Labute approximate surface area is 581 Å². The van der Waals surface area contributed by atoms with Crippen LogP contribution < -0.4 is 85.3 Å². The van der Waals surface area contributed by atoms with Gasteiger partial charge in [0.05, 0.1) is 128 Å². The Hall–Kier alpha value is -10.6. The van der Waals surface area contributed by atoms with E-state index in [0.29, 0.717) is 57.8 Å². The molecular weight excluding hydrogens is 1260 g/mol. The van der Waals surface area contributed by atoms with Crippen LogP contribution in [0.15, 0.2) is 109 Å². The Morgan fingerprint density at radius 2 is 0.222 bits per heavy atom. The predicted molar refractivity (Wildman–Crippen MR) is 381 cm³/mol. The lowest BCUT2D eigenvalue weighted by Gasteiger charge is -2.18. The first-order valence-electron chi connectivity index (χ1n) is 32.3. The van der Waals surface area contributed by atoms with Gasteiger partial charge in [-0.15, -0.1) is 0 Å². The first-order chi connectivity index (χ1) is 48.1. The summed E-state index contributed by atoms with van der Waals surface area (Å²) in [6, 6.07) is 36.1. The van der Waals surface area contributed by atoms with Gasteiger partial charge in [0.25, 0.3) is 0 Å². The first-order valence-corrected chi connectivity index (χ1v) is 32.3. The van der Waals surface area contributed by atoms with Crippen molar-refractivity contribution in [3.8, 4) is 103 Å². The molecule has 0 N–H and O–H groups in total. The topological polar surface area (TPSA) is 166 Å². The van der Waals surface area contributed by atoms with E-state index in [0.717, 1.165) is 204 Å². The molecule has 0 aromatic heterocycles. The highest BCUT2D eigenvalue weighted by atomic mass is 16.5. The van der Waals surface area contributed by atoms with Crippen molar-refractivity contribution in [2.24, 2.45) is 0 Å². The van der Waals surface area contributed by atoms with E-state index >= 15 is 0 Å². The van der Waals surface area contributed by atoms with Crippen LogP contribution in [0.2, 0.25) is 0 Å². The number of ether oxygens (including phenoxy) is 18. The van der Waals surface area contributed by atoms with Crippen molar-refractivity contribution in [3.05, 3.63) is 209 Å². The minimum Gasteiger partial charge on any atom is -0.497 e. The van der Waals surface area contributed by atoms with Crippen molar-refractivity contribution in [1.82, 2.24) is 0 Å². The lowest BCUT2D eigenvalue weighted by molar-refractivity contribution is 0.388. The Bertz CT molecular complexity index is 3500. The van der Waals surface area contributed by atoms with Gasteiger partial charge in [-0.1, -0.05) is 0 Å². The van der Waals surface area contributed by atoms with E-state index in [1.54, 1.807) is 128 Å². The van der Waals surface area contributed by atoms with Gasteiger partial charge in [-0.2, -0.15) is 0 Å². The normalized spacial score (nSPS) is 12.2. The second-order valence-electron chi connectivity index (χ2n) is 23.8. The van der Waals surface area contributed by atoms with Gasteiger partial charge in [0, 0.05) is 162 Å². The number of rotatable bonds is 18. The summed E-state index contributed by atoms with van der Waals surface area (Å²) >= 11 is 0. The van der Waals surface area contributed by atoms with Gasteiger partial charge >= 0.3 is 0 Å². The van der Waals surface area contributed by atoms with Gasteiger partial charge < -0.3 is 85.3 Å². The molecule has 0 spiro atoms. The maximum absolute atomic E-state index is 5.81. The molecule has 0 heterocycles. The molecule has 3 aliphatic carbocycles. The van der Waals surface area contributed by atoms with Gasteiger partial charge in [-0.25, -0.2) is 0 Å². The van der Waals surface area contributed by atoms with Crippen molar-refractivity contribution in [3.63, 3.8) is 0 Å². The molecule has 0 saturated carbocycles. The van der Waals surface area contributed by atoms with E-state index in [4.69, 9.17) is 85.3 Å². The molecule has 3 aliphatic rings. The summed E-state index contributed by atoms with van der Waals surface area (Å²) in [5, 5.41) is 0. The Morgan fingerprint density at radius 1 is 0.131 bits per heavy atom. The third-order valence-corrected chi connectivity index (χ3v) is 18.9. The molecule has 0 atom stereocenters. The average Bonchev–Trinajstić information content (AvgIpc) is 1.68. The number of hydrogen-bond donors (Lipinski definition) is 0. The zero-order chi connectivity index (χ0) is 70.6. The first kappa shape index (κ1) is 71.2. The van der Waals surface area contributed by atoms with Crippen LogP contribution >= 0.6 is 0 Å². The maximum Gasteiger partial charge on any atom is 0.126 e. The standard InChI is InChI=1S/3C27H30O6/c3*1-28-19-7-16-10-23-18(9-21(30-3)14-26(23)32-5)12-24-17(11-22(16)25(13-19)31-4)8-20(29-2)15-27(24)33-6/h3*7-9,13-15H,10-12H2,1-6H3. The fourth-order valence-electron chi connectivity index (χ4n) is 13.7. The molecule has 522 valence electrons. The minimum atomic E-state index is 0.666. The molecule has 18 nitrogen and oxygen atoms in total. The van der Waals surface area contributed by atoms with Crippen LogP contribution in [-0.4, -0.2) is 128 Å². The van der Waals surface area contributed by atoms with Crippen LogP contribution in [0.1, 0.15) is 100 Å². The monoisotopic (exact) mass is 1350 g/mol. The van der Waals surface area contributed by atoms with Crippen LogP contribution in [-0.2, 0) is 57.8 Å². The number of fused-ring (bicyclic) bond motifs is 9. The molecule has 18 heteroatoms. The summed E-state index contributed by atoms with van der Waals surface area (Å²) in [4.78, 5) is 0. The van der Waals surface area contributed by atoms with Crippen molar-refractivity contribution in [1.29, 1.82) is 0 Å². The Morgan fingerprint density at radius 3 is 0.293 bits per heavy atom. The molecule has 9 aromatic rings. The quantitative estimate of drug-likeness (QED) is 0.0795. The lowest BCUT2D eigenvalue weighted by atomic mass is 9.93. The van der Waals surface area contributed by atoms with Crippen LogP contribution in [0, 0.1) is 0 Å². The number of hydrogen-bond acceptors (Lipinski definition) is 18. The van der Waals surface area contributed by atoms with Gasteiger partial charge in [-0.3, -0.25) is 0 Å². The van der Waals surface area contributed by atoms with E-state index < -0.39 is 0 Å². The summed E-state index contributed by atoms with van der Waals surface area (Å²) in [7, 11) is 30.2. The van der Waals surface area contributed by atoms with Gasteiger partial charge in [-0.05, 0) is 105 Å². The summed E-state index contributed by atoms with van der Waals surface area (Å²) in [5.74, 6) is 13.8. The third-order valence-electron chi connectivity index (χ3n) is 18.9. The summed E-state index contributed by atoms with van der Waals surface area (Å²) < 4.78 is 102. The van der Waals surface area contributed by atoms with E-state index in [9.17, 15) is 0 Å². The summed E-state index contributed by atoms with van der Waals surface area (Å²) in [6.45, 7) is 0. The molecule has 9 aromatic carbocycles. The third kappa shape index (κ3) is 15.1. The van der Waals surface area contributed by atoms with Crippen LogP contribution in [0.3, 0.4) is 0 Å². The SMILES string of the molecule is COc1cc2c(c(OC)c1)Cc1cc(OC)cc(OC)c1Cc1cc(OC)cc(OC)c1C2.COc1cc2c(c(OC)c1)Cc1cc(OC)cc(OC)c1Cc1cc(OC)cc(OC)c1C2.COc1cc2c(c(OC)c1)Cc1cc(OC)cc(OC)c1Cc1cc(OC)cc(OC)c1C2.